The Labute approximate surface area is 173 Å². The minimum Gasteiger partial charge on any atom is -0.475 e. The molecule has 17 heteroatoms. The summed E-state index contributed by atoms with van der Waals surface area (Å²) < 4.78 is 119. The smallest absolute Gasteiger partial charge is 0.430 e. The molecule has 182 valence electrons. The van der Waals surface area contributed by atoms with Crippen LogP contribution in [0.3, 0.4) is 0 Å². The van der Waals surface area contributed by atoms with E-state index in [1.807, 2.05) is 0 Å². The first kappa shape index (κ1) is 25.4. The Morgan fingerprint density at radius 2 is 1.72 bits per heavy atom. The van der Waals surface area contributed by atoms with Gasteiger partial charge in [0.25, 0.3) is 5.09 Å². The fraction of sp³-hybridized carbons (Fsp3) is 0.400. The van der Waals surface area contributed by atoms with Crippen LogP contribution in [-0.4, -0.2) is 49.8 Å². The van der Waals surface area contributed by atoms with Crippen LogP contribution in [0.4, 0.5) is 32.6 Å². The third-order valence-corrected chi connectivity index (χ3v) is 4.83. The van der Waals surface area contributed by atoms with Crippen LogP contribution in [0.15, 0.2) is 28.7 Å². The van der Waals surface area contributed by atoms with Crippen molar-refractivity contribution in [3.8, 4) is 5.75 Å². The lowest BCUT2D eigenvalue weighted by Crippen LogP contribution is -2.41. The number of rotatable bonds is 9. The predicted octanol–water partition coefficient (Wildman–Crippen LogP) is 4.82. The number of carbonyl (C=O) groups is 1. The first-order chi connectivity index (χ1) is 14.4. The van der Waals surface area contributed by atoms with E-state index in [1.54, 1.807) is 0 Å². The summed E-state index contributed by atoms with van der Waals surface area (Å²) in [6.45, 7) is -1.85. The largest absolute Gasteiger partial charge is 0.475 e. The summed E-state index contributed by atoms with van der Waals surface area (Å²) in [6, 6.07) is 0.0426. The molecule has 1 heterocycles. The van der Waals surface area contributed by atoms with E-state index in [9.17, 15) is 47.5 Å². The molecule has 0 spiro atoms. The van der Waals surface area contributed by atoms with Gasteiger partial charge in [0, 0.05) is 5.56 Å². The Kier molecular flexibility index (Phi) is 6.32. The number of carbonyl (C=O) groups excluding carboxylic acids is 1. The monoisotopic (exact) mass is 503 g/mol. The van der Waals surface area contributed by atoms with E-state index in [1.165, 1.54) is 0 Å². The number of alkyl halides is 3. The number of halogens is 8. The van der Waals surface area contributed by atoms with Crippen LogP contribution in [-0.2, 0) is 19.1 Å². The number of hydrogen-bond donors (Lipinski definition) is 0. The zero-order valence-electron chi connectivity index (χ0n) is 15.5. The highest BCUT2D eigenvalue weighted by Crippen LogP contribution is 3.02. The second kappa shape index (κ2) is 7.95. The van der Waals surface area contributed by atoms with Gasteiger partial charge < -0.3 is 19.0 Å². The molecule has 0 amide bonds. The van der Waals surface area contributed by atoms with Gasteiger partial charge in [-0.05, 0) is 24.3 Å². The molecule has 2 rings (SSSR count). The number of fused-ring (bicyclic) bond motifs is 1. The Morgan fingerprint density at radius 1 is 1.09 bits per heavy atom. The number of benzene rings is 1. The number of hydrogen-bond acceptors (Lipinski definition) is 7. The molecule has 1 atom stereocenters. The first-order valence-electron chi connectivity index (χ1n) is 8.24. The van der Waals surface area contributed by atoms with Gasteiger partial charge in [-0.2, -0.15) is 13.2 Å². The maximum absolute atomic E-state index is 13.3. The van der Waals surface area contributed by atoms with Crippen molar-refractivity contribution < 1.29 is 61.5 Å². The quantitative estimate of drug-likeness (QED) is 0.157. The van der Waals surface area contributed by atoms with Crippen LogP contribution in [0.2, 0.25) is 0 Å². The van der Waals surface area contributed by atoms with Crippen LogP contribution >= 0.6 is 10.2 Å². The Bertz CT molecular complexity index is 933. The Morgan fingerprint density at radius 3 is 2.28 bits per heavy atom. The van der Waals surface area contributed by atoms with E-state index in [4.69, 9.17) is 4.74 Å². The fourth-order valence-electron chi connectivity index (χ4n) is 2.38. The van der Waals surface area contributed by atoms with E-state index < -0.39 is 75.2 Å². The number of nitrogens with zero attached hydrogens (tertiary/aromatic N) is 1. The highest BCUT2D eigenvalue weighted by Gasteiger charge is 2.65. The third-order valence-electron chi connectivity index (χ3n) is 3.68. The Balaban J connectivity index is 2.19. The van der Waals surface area contributed by atoms with Crippen molar-refractivity contribution >= 4 is 22.3 Å². The lowest BCUT2D eigenvalue weighted by atomic mass is 10.0. The summed E-state index contributed by atoms with van der Waals surface area (Å²) >= 11 is 0. The van der Waals surface area contributed by atoms with Gasteiger partial charge in [-0.25, -0.2) is 4.79 Å². The summed E-state index contributed by atoms with van der Waals surface area (Å²) in [5.41, 5.74) is -2.11. The van der Waals surface area contributed by atoms with Crippen LogP contribution in [0, 0.1) is 10.1 Å². The van der Waals surface area contributed by atoms with Gasteiger partial charge in [0.2, 0.25) is 6.10 Å². The summed E-state index contributed by atoms with van der Waals surface area (Å²) in [5.74, 6) is -2.45. The van der Waals surface area contributed by atoms with Crippen molar-refractivity contribution in [2.75, 3.05) is 26.4 Å². The van der Waals surface area contributed by atoms with Gasteiger partial charge in [-0.15, -0.1) is 10.1 Å². The van der Waals surface area contributed by atoms with Crippen molar-refractivity contribution in [3.63, 3.8) is 0 Å². The minimum absolute atomic E-state index is 0.120. The molecule has 0 saturated carbocycles. The predicted molar refractivity (Wildman–Crippen MR) is 91.0 cm³/mol. The van der Waals surface area contributed by atoms with Gasteiger partial charge in [-0.3, -0.25) is 0 Å². The summed E-state index contributed by atoms with van der Waals surface area (Å²) in [5, 5.41) is 8.81. The van der Waals surface area contributed by atoms with Gasteiger partial charge >= 0.3 is 22.4 Å². The molecule has 0 saturated heterocycles. The fourth-order valence-corrected chi connectivity index (χ4v) is 3.05. The molecule has 1 aliphatic rings. The Hall–Kier alpha value is -2.82. The SMILES string of the molecule is O=C(OCCOCCO[N+](=O)[O-])C1=Cc2cc(S(F)(F)(F)(F)F)ccc2OC1C(F)(F)F. The summed E-state index contributed by atoms with van der Waals surface area (Å²) in [6.07, 6.45) is -7.81. The molecule has 0 aromatic heterocycles. The maximum atomic E-state index is 13.3. The molecule has 1 unspecified atom stereocenters. The van der Waals surface area contributed by atoms with Crippen LogP contribution in [0.25, 0.3) is 6.08 Å². The van der Waals surface area contributed by atoms with Gasteiger partial charge in [0.15, 0.2) is 0 Å². The van der Waals surface area contributed by atoms with Crippen molar-refractivity contribution in [2.45, 2.75) is 17.2 Å². The molecule has 1 aliphatic heterocycles. The molecular weight excluding hydrogens is 490 g/mol. The van der Waals surface area contributed by atoms with Crippen molar-refractivity contribution in [1.29, 1.82) is 0 Å². The van der Waals surface area contributed by atoms with Gasteiger partial charge in [0.05, 0.1) is 18.8 Å². The molecule has 0 N–H and O–H groups in total. The topological polar surface area (TPSA) is 97.1 Å². The minimum atomic E-state index is -10.1. The molecular formula is C15H13F8NO7S. The van der Waals surface area contributed by atoms with Crippen LogP contribution < -0.4 is 4.74 Å². The van der Waals surface area contributed by atoms with E-state index in [0.29, 0.717) is 12.1 Å². The highest BCUT2D eigenvalue weighted by atomic mass is 32.5. The molecule has 0 aliphatic carbocycles. The van der Waals surface area contributed by atoms with E-state index in [2.05, 4.69) is 14.3 Å². The molecule has 0 radical (unpaired) electrons. The van der Waals surface area contributed by atoms with Crippen molar-refractivity contribution in [3.05, 3.63) is 39.4 Å². The zero-order chi connectivity index (χ0) is 24.4. The second-order valence-corrected chi connectivity index (χ2v) is 8.52. The average Bonchev–Trinajstić information content (AvgIpc) is 2.62. The van der Waals surface area contributed by atoms with Crippen molar-refractivity contribution in [1.82, 2.24) is 0 Å². The maximum Gasteiger partial charge on any atom is 0.430 e. The third kappa shape index (κ3) is 6.84. The molecule has 1 aromatic carbocycles. The second-order valence-electron chi connectivity index (χ2n) is 6.11. The lowest BCUT2D eigenvalue weighted by molar-refractivity contribution is -0.758. The normalized spacial score (nSPS) is 18.4. The zero-order valence-corrected chi connectivity index (χ0v) is 16.3. The molecule has 32 heavy (non-hydrogen) atoms. The van der Waals surface area contributed by atoms with E-state index in [-0.39, 0.29) is 18.7 Å². The molecule has 0 bridgehead atoms. The molecule has 1 aromatic rings. The van der Waals surface area contributed by atoms with Gasteiger partial charge in [-0.1, -0.05) is 19.4 Å². The summed E-state index contributed by atoms with van der Waals surface area (Å²) in [4.78, 5) is 23.5. The van der Waals surface area contributed by atoms with Crippen LogP contribution in [0.1, 0.15) is 5.56 Å². The lowest BCUT2D eigenvalue weighted by Gasteiger charge is -2.41. The summed E-state index contributed by atoms with van der Waals surface area (Å²) in [7, 11) is -10.1. The number of esters is 1. The van der Waals surface area contributed by atoms with E-state index in [0.717, 1.165) is 0 Å². The standard InChI is InChI=1S/C15H13F8NO7S/c16-15(17,18)13-11(14(25)29-5-3-28-4-6-30-24(26)27)8-9-7-10(1-2-12(9)31-13)32(19,20,21,22)23/h1-2,7-8,13H,3-6H2. The number of ether oxygens (including phenoxy) is 3. The molecule has 0 fully saturated rings. The van der Waals surface area contributed by atoms with E-state index >= 15 is 0 Å². The highest BCUT2D eigenvalue weighted by molar-refractivity contribution is 8.45. The van der Waals surface area contributed by atoms with Crippen molar-refractivity contribution in [2.24, 2.45) is 0 Å². The average molecular weight is 503 g/mol. The molecule has 8 nitrogen and oxygen atoms in total. The van der Waals surface area contributed by atoms with Gasteiger partial charge in [0.1, 0.15) is 23.9 Å². The first-order valence-corrected chi connectivity index (χ1v) is 10.2. The van der Waals surface area contributed by atoms with Crippen LogP contribution in [0.5, 0.6) is 5.75 Å².